The highest BCUT2D eigenvalue weighted by atomic mass is 32.2. The fourth-order valence-corrected chi connectivity index (χ4v) is 4.63. The number of sulfone groups is 1. The topological polar surface area (TPSA) is 124 Å². The Balaban J connectivity index is 2.07. The molecule has 151 valence electrons. The first kappa shape index (κ1) is 22.0. The minimum Gasteiger partial charge on any atom is -0.389 e. The lowest BCUT2D eigenvalue weighted by molar-refractivity contribution is -0.385. The Morgan fingerprint density at radius 2 is 1.86 bits per heavy atom. The van der Waals surface area contributed by atoms with E-state index in [4.69, 9.17) is 5.73 Å². The molecule has 7 nitrogen and oxygen atoms in total. The van der Waals surface area contributed by atoms with Crippen LogP contribution in [0.25, 0.3) is 0 Å². The monoisotopic (exact) mass is 405 g/mol. The zero-order chi connectivity index (χ0) is 20.9. The van der Waals surface area contributed by atoms with E-state index >= 15 is 0 Å². The minimum absolute atomic E-state index is 0.0191. The van der Waals surface area contributed by atoms with Crippen LogP contribution in [-0.4, -0.2) is 35.8 Å². The molecule has 0 amide bonds. The van der Waals surface area contributed by atoms with Crippen molar-refractivity contribution >= 4 is 15.5 Å². The van der Waals surface area contributed by atoms with Gasteiger partial charge >= 0.3 is 0 Å². The molecule has 2 aromatic rings. The maximum atomic E-state index is 12.6. The van der Waals surface area contributed by atoms with Crippen molar-refractivity contribution in [3.8, 4) is 0 Å². The lowest BCUT2D eigenvalue weighted by Gasteiger charge is -2.29. The van der Waals surface area contributed by atoms with Gasteiger partial charge < -0.3 is 10.8 Å². The van der Waals surface area contributed by atoms with Gasteiger partial charge in [-0.15, -0.1) is 0 Å². The van der Waals surface area contributed by atoms with Crippen LogP contribution < -0.4 is 5.73 Å². The lowest BCUT2D eigenvalue weighted by atomic mass is 9.87. The summed E-state index contributed by atoms with van der Waals surface area (Å²) in [5, 5.41) is 21.5. The normalized spacial score (nSPS) is 16.1. The summed E-state index contributed by atoms with van der Waals surface area (Å²) in [4.78, 5) is 10.0. The van der Waals surface area contributed by atoms with Gasteiger partial charge in [0.1, 0.15) is 0 Å². The largest absolute Gasteiger partial charge is 0.389 e. The van der Waals surface area contributed by atoms with Crippen molar-refractivity contribution in [2.75, 3.05) is 5.75 Å². The van der Waals surface area contributed by atoms with Crippen molar-refractivity contribution in [2.24, 2.45) is 11.7 Å². The number of nitro benzene ring substituents is 1. The molecule has 3 N–H and O–H groups in total. The summed E-state index contributed by atoms with van der Waals surface area (Å²) in [6.07, 6.45) is 2.11. The van der Waals surface area contributed by atoms with E-state index in [0.717, 1.165) is 11.6 Å². The predicted octanol–water partition coefficient (Wildman–Crippen LogP) is 2.53. The van der Waals surface area contributed by atoms with Gasteiger partial charge in [-0.2, -0.15) is 0 Å². The number of rotatable bonds is 9. The van der Waals surface area contributed by atoms with E-state index in [1.165, 1.54) is 31.5 Å². The van der Waals surface area contributed by atoms with Gasteiger partial charge in [0.15, 0.2) is 9.84 Å². The van der Waals surface area contributed by atoms with Gasteiger partial charge in [0.25, 0.3) is 5.69 Å². The van der Waals surface area contributed by atoms with Gasteiger partial charge in [-0.05, 0) is 30.9 Å². The van der Waals surface area contributed by atoms with Crippen LogP contribution in [0.1, 0.15) is 19.4 Å². The molecule has 2 rings (SSSR count). The van der Waals surface area contributed by atoms with Gasteiger partial charge in [-0.1, -0.05) is 43.3 Å². The van der Waals surface area contributed by atoms with E-state index in [1.807, 2.05) is 37.3 Å². The average Bonchev–Trinajstić information content (AvgIpc) is 2.61. The quantitative estimate of drug-likeness (QED) is 0.488. The molecule has 0 saturated heterocycles. The standard InChI is InChI=1S/C20H25N2O5S/c1-15(11-16-7-4-3-5-8-16)19(21)13-20(2,23)14-28(26,27)18-10-6-9-17(12-18)22(24)25/h3-10,12-13,15,19,23H,11,14,21H2,1-2H3/t15-,19+,20?/m1/s1. The molecule has 0 aromatic heterocycles. The number of benzene rings is 2. The summed E-state index contributed by atoms with van der Waals surface area (Å²) in [7, 11) is -3.95. The lowest BCUT2D eigenvalue weighted by Crippen LogP contribution is -2.43. The third-order valence-corrected chi connectivity index (χ3v) is 6.42. The van der Waals surface area contributed by atoms with Crippen LogP contribution in [0.4, 0.5) is 5.69 Å². The fraction of sp³-hybridized carbons (Fsp3) is 0.350. The molecule has 1 radical (unpaired) electrons. The average molecular weight is 405 g/mol. The highest BCUT2D eigenvalue weighted by Crippen LogP contribution is 2.24. The van der Waals surface area contributed by atoms with Crippen LogP contribution in [0, 0.1) is 22.5 Å². The highest BCUT2D eigenvalue weighted by molar-refractivity contribution is 7.91. The van der Waals surface area contributed by atoms with Gasteiger partial charge in [0.05, 0.1) is 21.2 Å². The molecule has 0 bridgehead atoms. The van der Waals surface area contributed by atoms with E-state index in [0.29, 0.717) is 6.42 Å². The van der Waals surface area contributed by atoms with Crippen LogP contribution in [0.3, 0.4) is 0 Å². The molecule has 28 heavy (non-hydrogen) atoms. The molecule has 1 unspecified atom stereocenters. The molecule has 8 heteroatoms. The third-order valence-electron chi connectivity index (χ3n) is 4.48. The number of hydrogen-bond acceptors (Lipinski definition) is 6. The predicted molar refractivity (Wildman–Crippen MR) is 107 cm³/mol. The van der Waals surface area contributed by atoms with Crippen LogP contribution in [-0.2, 0) is 16.3 Å². The molecule has 0 saturated carbocycles. The fourth-order valence-electron chi connectivity index (χ4n) is 3.01. The van der Waals surface area contributed by atoms with E-state index in [9.17, 15) is 23.6 Å². The van der Waals surface area contributed by atoms with Gasteiger partial charge in [-0.25, -0.2) is 8.42 Å². The van der Waals surface area contributed by atoms with E-state index < -0.39 is 32.2 Å². The molecule has 0 aliphatic carbocycles. The highest BCUT2D eigenvalue weighted by Gasteiger charge is 2.33. The number of nitrogens with zero attached hydrogens (tertiary/aromatic N) is 1. The van der Waals surface area contributed by atoms with E-state index in [1.54, 1.807) is 0 Å². The number of nitrogens with two attached hydrogens (primary N) is 1. The van der Waals surface area contributed by atoms with Crippen molar-refractivity contribution in [3.63, 3.8) is 0 Å². The number of hydrogen-bond donors (Lipinski definition) is 2. The maximum absolute atomic E-state index is 12.6. The molecule has 0 fully saturated rings. The molecule has 3 atom stereocenters. The SMILES string of the molecule is C[C@H](Cc1ccccc1)[C@@H](N)[CH]C(C)(O)CS(=O)(=O)c1cccc([N+](=O)[O-])c1. The summed E-state index contributed by atoms with van der Waals surface area (Å²) in [6, 6.07) is 14.0. The first-order chi connectivity index (χ1) is 13.0. The Labute approximate surface area is 165 Å². The summed E-state index contributed by atoms with van der Waals surface area (Å²) in [5.41, 5.74) is 5.26. The Bertz CT molecular complexity index is 913. The first-order valence-corrected chi connectivity index (χ1v) is 10.5. The Morgan fingerprint density at radius 3 is 2.46 bits per heavy atom. The van der Waals surface area contributed by atoms with Crippen molar-refractivity contribution < 1.29 is 18.4 Å². The molecule has 0 spiro atoms. The zero-order valence-corrected chi connectivity index (χ0v) is 16.7. The molecule has 2 aromatic carbocycles. The molecular weight excluding hydrogens is 380 g/mol. The second-order valence-electron chi connectivity index (χ2n) is 7.28. The summed E-state index contributed by atoms with van der Waals surface area (Å²) in [5.74, 6) is -0.637. The van der Waals surface area contributed by atoms with Crippen LogP contribution >= 0.6 is 0 Å². The molecular formula is C20H25N2O5S. The number of nitro groups is 1. The van der Waals surface area contributed by atoms with Crippen molar-refractivity contribution in [1.29, 1.82) is 0 Å². The van der Waals surface area contributed by atoms with Crippen molar-refractivity contribution in [1.82, 2.24) is 0 Å². The van der Waals surface area contributed by atoms with Crippen molar-refractivity contribution in [2.45, 2.75) is 36.8 Å². The Morgan fingerprint density at radius 1 is 1.21 bits per heavy atom. The van der Waals surface area contributed by atoms with Gasteiger partial charge in [-0.3, -0.25) is 10.1 Å². The Kier molecular flexibility index (Phi) is 6.92. The van der Waals surface area contributed by atoms with Crippen LogP contribution in [0.15, 0.2) is 59.5 Å². The third kappa shape index (κ3) is 6.12. The maximum Gasteiger partial charge on any atom is 0.270 e. The Hall–Kier alpha value is -2.29. The van der Waals surface area contributed by atoms with Crippen molar-refractivity contribution in [3.05, 3.63) is 76.7 Å². The second kappa shape index (κ2) is 8.81. The van der Waals surface area contributed by atoms with E-state index in [2.05, 4.69) is 0 Å². The van der Waals surface area contributed by atoms with E-state index in [-0.39, 0.29) is 16.5 Å². The van der Waals surface area contributed by atoms with Gasteiger partial charge in [0.2, 0.25) is 0 Å². The number of aliphatic hydroxyl groups is 1. The molecule has 0 aliphatic rings. The van der Waals surface area contributed by atoms with Crippen LogP contribution in [0.5, 0.6) is 0 Å². The number of non-ortho nitro benzene ring substituents is 1. The molecule has 0 aliphatic heterocycles. The zero-order valence-electron chi connectivity index (χ0n) is 15.9. The summed E-state index contributed by atoms with van der Waals surface area (Å²) in [6.45, 7) is 3.30. The minimum atomic E-state index is -3.95. The smallest absolute Gasteiger partial charge is 0.270 e. The second-order valence-corrected chi connectivity index (χ2v) is 9.27. The van der Waals surface area contributed by atoms with Crippen LogP contribution in [0.2, 0.25) is 0 Å². The summed E-state index contributed by atoms with van der Waals surface area (Å²) >= 11 is 0. The van der Waals surface area contributed by atoms with Gasteiger partial charge in [0, 0.05) is 24.6 Å². The summed E-state index contributed by atoms with van der Waals surface area (Å²) < 4.78 is 25.2. The first-order valence-electron chi connectivity index (χ1n) is 8.85. The molecule has 0 heterocycles.